The molecule has 0 saturated carbocycles. The topological polar surface area (TPSA) is 71.9 Å². The molecule has 0 aliphatic heterocycles. The summed E-state index contributed by atoms with van der Waals surface area (Å²) in [5, 5.41) is 8.69. The van der Waals surface area contributed by atoms with Crippen LogP contribution in [0.1, 0.15) is 13.3 Å². The van der Waals surface area contributed by atoms with Crippen molar-refractivity contribution in [2.75, 3.05) is 6.54 Å². The van der Waals surface area contributed by atoms with Crippen molar-refractivity contribution >= 4 is 0 Å². The molecule has 0 amide bonds. The second-order valence-electron chi connectivity index (χ2n) is 1.57. The average Bonchev–Trinajstić information content (AvgIpc) is 1.88. The van der Waals surface area contributed by atoms with Crippen LogP contribution in [0.15, 0.2) is 12.8 Å². The van der Waals surface area contributed by atoms with Crippen molar-refractivity contribution in [2.45, 2.75) is 19.4 Å². The van der Waals surface area contributed by atoms with Gasteiger partial charge in [-0.3, -0.25) is 5.11 Å². The molecule has 4 N–H and O–H groups in total. The molecule has 55 valence electrons. The van der Waals surface area contributed by atoms with E-state index in [1.54, 1.807) is 0 Å². The third-order valence-electron chi connectivity index (χ3n) is 0.827. The molecule has 3 heteroatoms. The van der Waals surface area contributed by atoms with E-state index in [0.717, 1.165) is 6.42 Å². The number of hydrogen-bond acceptors (Lipinski definition) is 2. The first-order chi connectivity index (χ1) is 4.22. The maximum Gasteiger partial charge on any atom is 0.135 e. The van der Waals surface area contributed by atoms with Crippen LogP contribution >= 0.6 is 0 Å². The van der Waals surface area contributed by atoms with Crippen molar-refractivity contribution < 1.29 is 5.11 Å². The highest BCUT2D eigenvalue weighted by molar-refractivity contribution is 4.55. The molecule has 0 spiro atoms. The van der Waals surface area contributed by atoms with Crippen LogP contribution in [0.4, 0.5) is 0 Å². The fraction of sp³-hybridized carbons (Fsp3) is 0.667. The van der Waals surface area contributed by atoms with Gasteiger partial charge in [-0.1, -0.05) is 13.5 Å². The molecular weight excluding hydrogens is 116 g/mol. The Balaban J connectivity index is 0. The van der Waals surface area contributed by atoms with E-state index in [0.29, 0.717) is 12.8 Å². The molecular formula is C6H15N2O. The summed E-state index contributed by atoms with van der Waals surface area (Å²) in [6.45, 7) is 5.44. The molecule has 3 nitrogen and oxygen atoms in total. The van der Waals surface area contributed by atoms with Crippen molar-refractivity contribution in [1.82, 2.24) is 0 Å². The predicted molar refractivity (Wildman–Crippen MR) is 38.2 cm³/mol. The van der Waals surface area contributed by atoms with Crippen molar-refractivity contribution in [2.24, 2.45) is 11.5 Å². The number of rotatable bonds is 2. The second-order valence-corrected chi connectivity index (χ2v) is 1.57. The fourth-order valence-electron chi connectivity index (χ4n) is 0.167. The molecule has 0 aromatic carbocycles. The highest BCUT2D eigenvalue weighted by atomic mass is 16.2. The fourth-order valence-corrected chi connectivity index (χ4v) is 0.167. The normalized spacial score (nSPS) is 11.0. The van der Waals surface area contributed by atoms with E-state index in [2.05, 4.69) is 6.58 Å². The molecule has 0 rings (SSSR count). The Kier molecular flexibility index (Phi) is 13.1. The maximum absolute atomic E-state index is 8.69. The van der Waals surface area contributed by atoms with Gasteiger partial charge in [-0.05, 0) is 6.42 Å². The van der Waals surface area contributed by atoms with Gasteiger partial charge in [-0.25, -0.2) is 0 Å². The Labute approximate surface area is 56.4 Å². The van der Waals surface area contributed by atoms with Gasteiger partial charge in [0.2, 0.25) is 0 Å². The van der Waals surface area contributed by atoms with E-state index in [-0.39, 0.29) is 6.04 Å². The Hall–Kier alpha value is -0.540. The first-order valence-electron chi connectivity index (χ1n) is 2.91. The smallest absolute Gasteiger partial charge is 0.135 e. The minimum atomic E-state index is 0.213. The van der Waals surface area contributed by atoms with Crippen LogP contribution in [0.5, 0.6) is 0 Å². The first-order valence-corrected chi connectivity index (χ1v) is 2.91. The Morgan fingerprint density at radius 3 is 2.11 bits per heavy atom. The van der Waals surface area contributed by atoms with Crippen molar-refractivity contribution in [1.29, 1.82) is 0 Å². The summed E-state index contributed by atoms with van der Waals surface area (Å²) >= 11 is 0. The van der Waals surface area contributed by atoms with E-state index in [4.69, 9.17) is 16.6 Å². The molecule has 0 aromatic heterocycles. The maximum atomic E-state index is 8.69. The SMILES string of the molecule is C=C[O].CCC(N)CN. The quantitative estimate of drug-likeness (QED) is 0.527. The van der Waals surface area contributed by atoms with Crippen LogP contribution in [-0.2, 0) is 5.11 Å². The minimum absolute atomic E-state index is 0.213. The molecule has 1 radical (unpaired) electrons. The molecule has 0 aliphatic carbocycles. The summed E-state index contributed by atoms with van der Waals surface area (Å²) in [7, 11) is 0. The first kappa shape index (κ1) is 11.3. The third kappa shape index (κ3) is 18.6. The summed E-state index contributed by atoms with van der Waals surface area (Å²) < 4.78 is 0. The van der Waals surface area contributed by atoms with Crippen LogP contribution in [-0.4, -0.2) is 12.6 Å². The average molecular weight is 131 g/mol. The molecule has 0 aromatic rings. The van der Waals surface area contributed by atoms with Crippen LogP contribution in [0.25, 0.3) is 0 Å². The number of nitrogens with two attached hydrogens (primary N) is 2. The highest BCUT2D eigenvalue weighted by Crippen LogP contribution is 1.77. The van der Waals surface area contributed by atoms with Gasteiger partial charge in [-0.15, -0.1) is 0 Å². The summed E-state index contributed by atoms with van der Waals surface area (Å²) in [4.78, 5) is 0. The van der Waals surface area contributed by atoms with Gasteiger partial charge in [0.15, 0.2) is 0 Å². The molecule has 0 bridgehead atoms. The van der Waals surface area contributed by atoms with Crippen molar-refractivity contribution in [3.8, 4) is 0 Å². The second kappa shape index (κ2) is 10.4. The molecule has 1 unspecified atom stereocenters. The van der Waals surface area contributed by atoms with Crippen molar-refractivity contribution in [3.05, 3.63) is 12.8 Å². The number of hydrogen-bond donors (Lipinski definition) is 2. The van der Waals surface area contributed by atoms with Gasteiger partial charge < -0.3 is 11.5 Å². The monoisotopic (exact) mass is 131 g/mol. The summed E-state index contributed by atoms with van der Waals surface area (Å²) in [6.07, 6.45) is 1.48. The Morgan fingerprint density at radius 2 is 2.11 bits per heavy atom. The lowest BCUT2D eigenvalue weighted by Crippen LogP contribution is -2.28. The van der Waals surface area contributed by atoms with E-state index in [9.17, 15) is 0 Å². The van der Waals surface area contributed by atoms with Crippen LogP contribution in [0.3, 0.4) is 0 Å². The van der Waals surface area contributed by atoms with Crippen LogP contribution < -0.4 is 11.5 Å². The standard InChI is InChI=1S/C4H12N2.C2H3O/c1-2-4(6)3-5;1-2-3/h4H,2-3,5-6H2,1H3;2H,1H2. The Bertz CT molecular complexity index is 53.0. The molecule has 0 heterocycles. The van der Waals surface area contributed by atoms with E-state index < -0.39 is 0 Å². The molecule has 1 atom stereocenters. The zero-order valence-electron chi connectivity index (χ0n) is 5.84. The zero-order chi connectivity index (χ0) is 7.70. The molecule has 0 fully saturated rings. The van der Waals surface area contributed by atoms with Crippen molar-refractivity contribution in [3.63, 3.8) is 0 Å². The van der Waals surface area contributed by atoms with Gasteiger partial charge in [0, 0.05) is 12.6 Å². The molecule has 9 heavy (non-hydrogen) atoms. The van der Waals surface area contributed by atoms with Gasteiger partial charge in [-0.2, -0.15) is 0 Å². The lowest BCUT2D eigenvalue weighted by molar-refractivity contribution is 0.353. The van der Waals surface area contributed by atoms with Crippen LogP contribution in [0.2, 0.25) is 0 Å². The minimum Gasteiger partial charge on any atom is -0.329 e. The largest absolute Gasteiger partial charge is 0.329 e. The van der Waals surface area contributed by atoms with Gasteiger partial charge in [0.25, 0.3) is 0 Å². The predicted octanol–water partition coefficient (Wildman–Crippen LogP) is 0.243. The molecule has 0 aliphatic rings. The Morgan fingerprint density at radius 1 is 1.78 bits per heavy atom. The summed E-state index contributed by atoms with van der Waals surface area (Å²) in [5.41, 5.74) is 10.5. The van der Waals surface area contributed by atoms with E-state index in [1.165, 1.54) is 0 Å². The lowest BCUT2D eigenvalue weighted by Gasteiger charge is -1.99. The zero-order valence-corrected chi connectivity index (χ0v) is 5.84. The van der Waals surface area contributed by atoms with E-state index in [1.807, 2.05) is 6.92 Å². The van der Waals surface area contributed by atoms with Gasteiger partial charge >= 0.3 is 0 Å². The lowest BCUT2D eigenvalue weighted by atomic mass is 10.2. The molecule has 0 saturated heterocycles. The summed E-state index contributed by atoms with van der Waals surface area (Å²) in [6, 6.07) is 0.213. The van der Waals surface area contributed by atoms with Gasteiger partial charge in [0.05, 0.1) is 0 Å². The van der Waals surface area contributed by atoms with E-state index >= 15 is 0 Å². The summed E-state index contributed by atoms with van der Waals surface area (Å²) in [5.74, 6) is 0. The van der Waals surface area contributed by atoms with Crippen LogP contribution in [0, 0.1) is 0 Å². The third-order valence-corrected chi connectivity index (χ3v) is 0.827. The highest BCUT2D eigenvalue weighted by Gasteiger charge is 1.88. The van der Waals surface area contributed by atoms with Gasteiger partial charge in [0.1, 0.15) is 6.26 Å².